The van der Waals surface area contributed by atoms with Gasteiger partial charge < -0.3 is 9.47 Å². The van der Waals surface area contributed by atoms with E-state index >= 15 is 0 Å². The zero-order valence-corrected chi connectivity index (χ0v) is 30.6. The average molecular weight is 657 g/mol. The maximum Gasteiger partial charge on any atom is 0.302 e. The molecule has 6 heteroatoms. The van der Waals surface area contributed by atoms with Crippen molar-refractivity contribution in [3.05, 3.63) is 22.8 Å². The van der Waals surface area contributed by atoms with Crippen molar-refractivity contribution in [3.8, 4) is 0 Å². The van der Waals surface area contributed by atoms with Gasteiger partial charge in [-0.15, -0.1) is 0 Å². The van der Waals surface area contributed by atoms with Gasteiger partial charge in [0.2, 0.25) is 0 Å². The smallest absolute Gasteiger partial charge is 0.302 e. The maximum absolute atomic E-state index is 12.0. The van der Waals surface area contributed by atoms with Gasteiger partial charge in [-0.2, -0.15) is 0 Å². The molecule has 0 unspecified atom stereocenters. The first kappa shape index (κ1) is 32.0. The Morgan fingerprint density at radius 2 is 0.917 bits per heavy atom. The molecular formula is C42H60N2O4. The summed E-state index contributed by atoms with van der Waals surface area (Å²) in [7, 11) is 0. The summed E-state index contributed by atoms with van der Waals surface area (Å²) in [5, 5.41) is 0. The van der Waals surface area contributed by atoms with Gasteiger partial charge in [0.15, 0.2) is 0 Å². The third-order valence-corrected chi connectivity index (χ3v) is 17.8. The molecule has 0 aromatic carbocycles. The molecular weight excluding hydrogens is 596 g/mol. The van der Waals surface area contributed by atoms with Crippen molar-refractivity contribution in [2.75, 3.05) is 0 Å². The van der Waals surface area contributed by atoms with Crippen LogP contribution < -0.4 is 0 Å². The van der Waals surface area contributed by atoms with Crippen molar-refractivity contribution < 1.29 is 19.1 Å². The first-order valence-electron chi connectivity index (χ1n) is 20.1. The van der Waals surface area contributed by atoms with Gasteiger partial charge in [-0.3, -0.25) is 19.6 Å². The summed E-state index contributed by atoms with van der Waals surface area (Å²) in [4.78, 5) is 35.1. The number of carbonyl (C=O) groups is 2. The Labute approximate surface area is 288 Å². The second kappa shape index (κ2) is 10.8. The van der Waals surface area contributed by atoms with Crippen molar-refractivity contribution >= 4 is 11.9 Å². The van der Waals surface area contributed by atoms with Crippen molar-refractivity contribution in [2.24, 2.45) is 69.0 Å². The highest BCUT2D eigenvalue weighted by Gasteiger charge is 2.63. The number of hydrogen-bond donors (Lipinski definition) is 0. The fourth-order valence-corrected chi connectivity index (χ4v) is 15.4. The lowest BCUT2D eigenvalue weighted by molar-refractivity contribution is -0.161. The number of hydrogen-bond acceptors (Lipinski definition) is 6. The number of esters is 2. The molecule has 8 aliphatic carbocycles. The van der Waals surface area contributed by atoms with Gasteiger partial charge in [0.1, 0.15) is 12.2 Å². The van der Waals surface area contributed by atoms with Gasteiger partial charge in [0, 0.05) is 24.7 Å². The standard InChI is InChI=1S/C42H60N2O4/c1-23(45)47-37-13-11-29-27-9-7-25-19-33-35(21-41(25,5)31(27)15-17-39(29,37)3)43-34-20-26-8-10-28-30-12-14-38(48-24(2)46)40(30,4)18-16-32(28)42(26,6)22-36(34)44-33/h25-32,37-38H,7-22H2,1-6H3/t25-,26-,27-,28-,29-,30-,31-,32-,37-,38-,39-,40-,41-,42-/m0/s1. The zero-order chi connectivity index (χ0) is 33.4. The Morgan fingerprint density at radius 1 is 0.521 bits per heavy atom. The number of carbonyl (C=O) groups excluding carboxylic acids is 2. The van der Waals surface area contributed by atoms with Gasteiger partial charge in [0.05, 0.1) is 22.8 Å². The highest BCUT2D eigenvalue weighted by Crippen LogP contribution is 2.68. The minimum absolute atomic E-state index is 0.102. The molecule has 6 saturated carbocycles. The number of ether oxygens (including phenoxy) is 2. The van der Waals surface area contributed by atoms with Crippen LogP contribution in [-0.2, 0) is 44.7 Å². The molecule has 14 atom stereocenters. The molecule has 9 rings (SSSR count). The molecule has 48 heavy (non-hydrogen) atoms. The van der Waals surface area contributed by atoms with E-state index in [4.69, 9.17) is 19.4 Å². The van der Waals surface area contributed by atoms with Crippen molar-refractivity contribution in [3.63, 3.8) is 0 Å². The summed E-state index contributed by atoms with van der Waals surface area (Å²) in [6.07, 6.45) is 19.3. The van der Waals surface area contributed by atoms with Gasteiger partial charge in [-0.05, 0) is 161 Å². The largest absolute Gasteiger partial charge is 0.462 e. The molecule has 8 aliphatic rings. The summed E-state index contributed by atoms with van der Waals surface area (Å²) in [5.74, 6) is 5.50. The second-order valence-corrected chi connectivity index (χ2v) is 19.5. The fraction of sp³-hybridized carbons (Fsp3) is 0.857. The van der Waals surface area contributed by atoms with E-state index in [1.54, 1.807) is 13.8 Å². The fourth-order valence-electron chi connectivity index (χ4n) is 15.4. The molecule has 0 aliphatic heterocycles. The molecule has 1 heterocycles. The SMILES string of the molecule is CC(=O)O[C@H]1CC[C@H]2[C@@H]3CC[C@H]4Cc5nc6c(nc5C[C@]4(C)[C@H]3CC[C@]12C)C[C@@H]1CC[C@@H]2[C@H](CC[C@]3(C)[C@@H](OC(C)=O)CC[C@@H]23)[C@@]1(C)C6. The Morgan fingerprint density at radius 3 is 1.31 bits per heavy atom. The number of rotatable bonds is 2. The Bertz CT molecular complexity index is 1410. The van der Waals surface area contributed by atoms with Gasteiger partial charge in [-0.25, -0.2) is 0 Å². The molecule has 0 spiro atoms. The molecule has 6 fully saturated rings. The van der Waals surface area contributed by atoms with E-state index in [0.29, 0.717) is 34.5 Å². The monoisotopic (exact) mass is 656 g/mol. The van der Waals surface area contributed by atoms with Crippen LogP contribution in [0.1, 0.15) is 141 Å². The van der Waals surface area contributed by atoms with Crippen LogP contribution in [0.2, 0.25) is 0 Å². The normalized spacial score (nSPS) is 49.9. The second-order valence-electron chi connectivity index (χ2n) is 19.5. The third-order valence-electron chi connectivity index (χ3n) is 17.8. The van der Waals surface area contributed by atoms with E-state index in [0.717, 1.165) is 62.2 Å². The quantitative estimate of drug-likeness (QED) is 0.298. The summed E-state index contributed by atoms with van der Waals surface area (Å²) >= 11 is 0. The number of nitrogens with zero attached hydrogens (tertiary/aromatic N) is 2. The van der Waals surface area contributed by atoms with E-state index in [1.807, 2.05) is 0 Å². The van der Waals surface area contributed by atoms with E-state index in [9.17, 15) is 9.59 Å². The summed E-state index contributed by atoms with van der Waals surface area (Å²) in [5.41, 5.74) is 6.20. The van der Waals surface area contributed by atoms with Crippen molar-refractivity contribution in [1.29, 1.82) is 0 Å². The highest BCUT2D eigenvalue weighted by atomic mass is 16.5. The van der Waals surface area contributed by atoms with Gasteiger partial charge >= 0.3 is 11.9 Å². The van der Waals surface area contributed by atoms with Crippen molar-refractivity contribution in [2.45, 2.75) is 156 Å². The Balaban J connectivity index is 0.958. The van der Waals surface area contributed by atoms with Gasteiger partial charge in [0.25, 0.3) is 0 Å². The van der Waals surface area contributed by atoms with Crippen LogP contribution in [0.4, 0.5) is 0 Å². The molecule has 1 aromatic rings. The lowest BCUT2D eigenvalue weighted by atomic mass is 9.45. The predicted molar refractivity (Wildman–Crippen MR) is 184 cm³/mol. The first-order valence-corrected chi connectivity index (χ1v) is 20.1. The summed E-state index contributed by atoms with van der Waals surface area (Å²) in [6, 6.07) is 0. The molecule has 0 N–H and O–H groups in total. The van der Waals surface area contributed by atoms with Crippen LogP contribution >= 0.6 is 0 Å². The molecule has 0 bridgehead atoms. The predicted octanol–water partition coefficient (Wildman–Crippen LogP) is 8.25. The van der Waals surface area contributed by atoms with E-state index in [1.165, 1.54) is 87.0 Å². The highest BCUT2D eigenvalue weighted by molar-refractivity contribution is 5.66. The van der Waals surface area contributed by atoms with Crippen LogP contribution in [0.5, 0.6) is 0 Å². The number of aromatic nitrogens is 2. The average Bonchev–Trinajstić information content (AvgIpc) is 3.53. The maximum atomic E-state index is 12.0. The summed E-state index contributed by atoms with van der Waals surface area (Å²) in [6.45, 7) is 13.3. The van der Waals surface area contributed by atoms with Crippen molar-refractivity contribution in [1.82, 2.24) is 9.97 Å². The van der Waals surface area contributed by atoms with Crippen LogP contribution in [0.3, 0.4) is 0 Å². The van der Waals surface area contributed by atoms with E-state index in [2.05, 4.69) is 27.7 Å². The lowest BCUT2D eigenvalue weighted by Crippen LogP contribution is -2.56. The minimum Gasteiger partial charge on any atom is -0.462 e. The first-order chi connectivity index (χ1) is 22.8. The molecule has 0 amide bonds. The number of fused-ring (bicyclic) bond motifs is 12. The molecule has 6 nitrogen and oxygen atoms in total. The minimum atomic E-state index is -0.108. The molecule has 0 saturated heterocycles. The zero-order valence-electron chi connectivity index (χ0n) is 30.6. The lowest BCUT2D eigenvalue weighted by Gasteiger charge is -2.60. The Kier molecular flexibility index (Phi) is 7.17. The van der Waals surface area contributed by atoms with Crippen LogP contribution in [0.15, 0.2) is 0 Å². The topological polar surface area (TPSA) is 78.4 Å². The van der Waals surface area contributed by atoms with Crippen LogP contribution in [0, 0.1) is 69.0 Å². The molecule has 0 radical (unpaired) electrons. The summed E-state index contributed by atoms with van der Waals surface area (Å²) < 4.78 is 11.9. The van der Waals surface area contributed by atoms with E-state index < -0.39 is 0 Å². The molecule has 262 valence electrons. The third kappa shape index (κ3) is 4.40. The Hall–Kier alpha value is -1.98. The van der Waals surface area contributed by atoms with E-state index in [-0.39, 0.29) is 35.0 Å². The molecule has 1 aromatic heterocycles. The van der Waals surface area contributed by atoms with Gasteiger partial charge in [-0.1, -0.05) is 27.7 Å². The van der Waals surface area contributed by atoms with Crippen LogP contribution in [-0.4, -0.2) is 34.1 Å². The van der Waals surface area contributed by atoms with Crippen LogP contribution in [0.25, 0.3) is 0 Å².